The first kappa shape index (κ1) is 13.6. The summed E-state index contributed by atoms with van der Waals surface area (Å²) in [5.74, 6) is 1.50. The van der Waals surface area contributed by atoms with Crippen LogP contribution in [0.15, 0.2) is 18.2 Å². The Balaban J connectivity index is 1.97. The zero-order valence-corrected chi connectivity index (χ0v) is 11.8. The Morgan fingerprint density at radius 3 is 2.83 bits per heavy atom. The molecule has 3 nitrogen and oxygen atoms in total. The fraction of sp³-hybridized carbons (Fsp3) is 0.571. The normalized spacial score (nSPS) is 25.2. The predicted molar refractivity (Wildman–Crippen MR) is 76.3 cm³/mol. The van der Waals surface area contributed by atoms with Crippen LogP contribution in [-0.2, 0) is 0 Å². The summed E-state index contributed by atoms with van der Waals surface area (Å²) in [6, 6.07) is 4.86. The molecule has 0 amide bonds. The molecule has 1 aromatic rings. The lowest BCUT2D eigenvalue weighted by Crippen LogP contribution is -2.34. The Morgan fingerprint density at radius 1 is 1.44 bits per heavy atom. The first-order chi connectivity index (χ1) is 8.50. The number of nitrogens with one attached hydrogen (secondary N) is 1. The van der Waals surface area contributed by atoms with Gasteiger partial charge in [-0.25, -0.2) is 0 Å². The molecule has 1 saturated heterocycles. The van der Waals surface area contributed by atoms with Gasteiger partial charge in [0.2, 0.25) is 0 Å². The topological polar surface area (TPSA) is 52.5 Å². The van der Waals surface area contributed by atoms with E-state index in [1.807, 2.05) is 18.7 Å². The number of rotatable bonds is 4. The summed E-state index contributed by atoms with van der Waals surface area (Å²) >= 11 is 2.02. The van der Waals surface area contributed by atoms with Crippen molar-refractivity contribution in [3.63, 3.8) is 0 Å². The minimum Gasteiger partial charge on any atom is -0.508 e. The fourth-order valence-electron chi connectivity index (χ4n) is 2.35. The zero-order chi connectivity index (χ0) is 13.2. The van der Waals surface area contributed by atoms with Gasteiger partial charge < -0.3 is 15.5 Å². The average Bonchev–Trinajstić information content (AvgIpc) is 2.74. The molecule has 0 bridgehead atoms. The number of thioether (sulfide) groups is 1. The summed E-state index contributed by atoms with van der Waals surface area (Å²) in [5.41, 5.74) is 0.833. The van der Waals surface area contributed by atoms with E-state index in [0.29, 0.717) is 4.75 Å². The minimum atomic E-state index is 0.0867. The summed E-state index contributed by atoms with van der Waals surface area (Å²) in [7, 11) is 0. The Labute approximate surface area is 113 Å². The third-order valence-electron chi connectivity index (χ3n) is 3.56. The maximum absolute atomic E-state index is 9.81. The minimum absolute atomic E-state index is 0.0867. The highest BCUT2D eigenvalue weighted by Gasteiger charge is 2.29. The lowest BCUT2D eigenvalue weighted by Gasteiger charge is -2.26. The number of aromatic hydroxyl groups is 2. The van der Waals surface area contributed by atoms with E-state index in [1.54, 1.807) is 12.1 Å². The standard InChI is InChI=1S/C14H21NO2S/c1-10(12-5-4-11(16)8-13(12)17)15-9-14(2)6-3-7-18-14/h4-5,8,10,15-17H,3,6-7,9H2,1-2H3. The molecule has 3 N–H and O–H groups in total. The van der Waals surface area contributed by atoms with Crippen LogP contribution in [0, 0.1) is 0 Å². The lowest BCUT2D eigenvalue weighted by atomic mass is 10.0. The maximum Gasteiger partial charge on any atom is 0.124 e. The van der Waals surface area contributed by atoms with Crippen LogP contribution in [0.5, 0.6) is 11.5 Å². The van der Waals surface area contributed by atoms with Gasteiger partial charge in [-0.2, -0.15) is 11.8 Å². The first-order valence-electron chi connectivity index (χ1n) is 6.39. The van der Waals surface area contributed by atoms with Gasteiger partial charge in [0, 0.05) is 29.0 Å². The van der Waals surface area contributed by atoms with Gasteiger partial charge in [0.05, 0.1) is 0 Å². The molecule has 2 atom stereocenters. The van der Waals surface area contributed by atoms with E-state index in [2.05, 4.69) is 12.2 Å². The van der Waals surface area contributed by atoms with Crippen LogP contribution in [0.3, 0.4) is 0 Å². The molecule has 0 aliphatic carbocycles. The average molecular weight is 267 g/mol. The van der Waals surface area contributed by atoms with E-state index in [1.165, 1.54) is 24.7 Å². The van der Waals surface area contributed by atoms with Gasteiger partial charge in [-0.1, -0.05) is 6.07 Å². The number of phenols is 2. The van der Waals surface area contributed by atoms with Gasteiger partial charge in [-0.05, 0) is 38.5 Å². The van der Waals surface area contributed by atoms with Crippen LogP contribution in [0.1, 0.15) is 38.3 Å². The number of hydrogen-bond acceptors (Lipinski definition) is 4. The number of phenolic OH excluding ortho intramolecular Hbond substituents is 2. The maximum atomic E-state index is 9.81. The summed E-state index contributed by atoms with van der Waals surface area (Å²) in [6.07, 6.45) is 2.54. The van der Waals surface area contributed by atoms with Crippen LogP contribution in [0.4, 0.5) is 0 Å². The van der Waals surface area contributed by atoms with E-state index < -0.39 is 0 Å². The van der Waals surface area contributed by atoms with Crippen molar-refractivity contribution in [2.75, 3.05) is 12.3 Å². The Bertz CT molecular complexity index is 416. The van der Waals surface area contributed by atoms with Gasteiger partial charge in [-0.3, -0.25) is 0 Å². The molecule has 18 heavy (non-hydrogen) atoms. The SMILES string of the molecule is CC(NCC1(C)CCCS1)c1ccc(O)cc1O. The van der Waals surface area contributed by atoms with Gasteiger partial charge in [0.15, 0.2) is 0 Å². The van der Waals surface area contributed by atoms with Crippen molar-refractivity contribution in [2.45, 2.75) is 37.5 Å². The Morgan fingerprint density at radius 2 is 2.22 bits per heavy atom. The van der Waals surface area contributed by atoms with Gasteiger partial charge in [0.25, 0.3) is 0 Å². The summed E-state index contributed by atoms with van der Waals surface area (Å²) in [4.78, 5) is 0. The molecule has 0 saturated carbocycles. The van der Waals surface area contributed by atoms with Gasteiger partial charge >= 0.3 is 0 Å². The second kappa shape index (κ2) is 5.41. The molecule has 1 fully saturated rings. The molecule has 2 unspecified atom stereocenters. The third-order valence-corrected chi connectivity index (χ3v) is 5.10. The Kier molecular flexibility index (Phi) is 4.07. The highest BCUT2D eigenvalue weighted by atomic mass is 32.2. The van der Waals surface area contributed by atoms with E-state index in [9.17, 15) is 10.2 Å². The predicted octanol–water partition coefficient (Wildman–Crippen LogP) is 3.03. The van der Waals surface area contributed by atoms with E-state index in [4.69, 9.17) is 0 Å². The zero-order valence-electron chi connectivity index (χ0n) is 10.9. The molecule has 0 aromatic heterocycles. The van der Waals surface area contributed by atoms with Crippen LogP contribution >= 0.6 is 11.8 Å². The molecule has 2 rings (SSSR count). The number of hydrogen-bond donors (Lipinski definition) is 3. The molecular weight excluding hydrogens is 246 g/mol. The lowest BCUT2D eigenvalue weighted by molar-refractivity contribution is 0.430. The van der Waals surface area contributed by atoms with Crippen LogP contribution in [0.2, 0.25) is 0 Å². The molecule has 0 spiro atoms. The van der Waals surface area contributed by atoms with E-state index in [0.717, 1.165) is 12.1 Å². The highest BCUT2D eigenvalue weighted by molar-refractivity contribution is 8.00. The van der Waals surface area contributed by atoms with Gasteiger partial charge in [-0.15, -0.1) is 0 Å². The van der Waals surface area contributed by atoms with Crippen molar-refractivity contribution in [1.82, 2.24) is 5.32 Å². The summed E-state index contributed by atoms with van der Waals surface area (Å²) in [5, 5.41) is 22.6. The van der Waals surface area contributed by atoms with Crippen molar-refractivity contribution in [3.8, 4) is 11.5 Å². The first-order valence-corrected chi connectivity index (χ1v) is 7.38. The van der Waals surface area contributed by atoms with Crippen LogP contribution in [-0.4, -0.2) is 27.3 Å². The van der Waals surface area contributed by atoms with E-state index >= 15 is 0 Å². The quantitative estimate of drug-likeness (QED) is 0.785. The van der Waals surface area contributed by atoms with Crippen molar-refractivity contribution in [3.05, 3.63) is 23.8 Å². The van der Waals surface area contributed by atoms with Crippen molar-refractivity contribution in [1.29, 1.82) is 0 Å². The molecule has 1 aromatic carbocycles. The monoisotopic (exact) mass is 267 g/mol. The summed E-state index contributed by atoms with van der Waals surface area (Å²) in [6.45, 7) is 5.27. The molecule has 1 aliphatic heterocycles. The Hall–Kier alpha value is -0.870. The molecule has 1 aliphatic rings. The third kappa shape index (κ3) is 3.12. The second-order valence-corrected chi connectivity index (χ2v) is 6.93. The van der Waals surface area contributed by atoms with Crippen molar-refractivity contribution >= 4 is 11.8 Å². The largest absolute Gasteiger partial charge is 0.508 e. The van der Waals surface area contributed by atoms with Crippen molar-refractivity contribution in [2.24, 2.45) is 0 Å². The van der Waals surface area contributed by atoms with Gasteiger partial charge in [0.1, 0.15) is 11.5 Å². The smallest absolute Gasteiger partial charge is 0.124 e. The molecule has 0 radical (unpaired) electrons. The number of benzene rings is 1. The highest BCUT2D eigenvalue weighted by Crippen LogP contribution is 2.37. The van der Waals surface area contributed by atoms with Crippen LogP contribution < -0.4 is 5.32 Å². The molecule has 4 heteroatoms. The molecule has 100 valence electrons. The fourth-order valence-corrected chi connectivity index (χ4v) is 3.61. The summed E-state index contributed by atoms with van der Waals surface area (Å²) < 4.78 is 0.320. The van der Waals surface area contributed by atoms with E-state index in [-0.39, 0.29) is 17.5 Å². The van der Waals surface area contributed by atoms with Crippen LogP contribution in [0.25, 0.3) is 0 Å². The molecular formula is C14H21NO2S. The second-order valence-electron chi connectivity index (χ2n) is 5.25. The molecule has 1 heterocycles. The van der Waals surface area contributed by atoms with Crippen molar-refractivity contribution < 1.29 is 10.2 Å².